The van der Waals surface area contributed by atoms with Gasteiger partial charge in [-0.3, -0.25) is 4.79 Å². The Balaban J connectivity index is 1.73. The lowest BCUT2D eigenvalue weighted by molar-refractivity contribution is 0.0791. The smallest absolute Gasteiger partial charge is 0.253 e. The summed E-state index contributed by atoms with van der Waals surface area (Å²) in [6, 6.07) is 12.1. The molecule has 0 spiro atoms. The van der Waals surface area contributed by atoms with Crippen molar-refractivity contribution in [3.05, 3.63) is 57.8 Å². The molecule has 0 saturated carbocycles. The van der Waals surface area contributed by atoms with Gasteiger partial charge in [0.2, 0.25) is 0 Å². The molecule has 1 atom stereocenters. The van der Waals surface area contributed by atoms with Crippen LogP contribution in [0.25, 0.3) is 0 Å². The van der Waals surface area contributed by atoms with Gasteiger partial charge in [-0.25, -0.2) is 0 Å². The molecule has 1 fully saturated rings. The monoisotopic (exact) mass is 271 g/mol. The first-order valence-corrected chi connectivity index (χ1v) is 7.51. The Morgan fingerprint density at radius 3 is 2.95 bits per heavy atom. The molecule has 1 aliphatic heterocycles. The van der Waals surface area contributed by atoms with Crippen LogP contribution in [0.15, 0.2) is 41.8 Å². The molecule has 1 aliphatic rings. The summed E-state index contributed by atoms with van der Waals surface area (Å²) >= 11 is 1.79. The van der Waals surface area contributed by atoms with Crippen molar-refractivity contribution in [3.8, 4) is 0 Å². The number of benzene rings is 1. The second kappa shape index (κ2) is 5.17. The van der Waals surface area contributed by atoms with Crippen molar-refractivity contribution in [2.45, 2.75) is 19.3 Å². The molecule has 1 amide bonds. The number of thiophene rings is 1. The second-order valence-electron chi connectivity index (χ2n) is 5.12. The third kappa shape index (κ3) is 2.56. The van der Waals surface area contributed by atoms with Crippen LogP contribution in [0.3, 0.4) is 0 Å². The first-order chi connectivity index (χ1) is 9.24. The summed E-state index contributed by atoms with van der Waals surface area (Å²) in [6.07, 6.45) is 1.08. The van der Waals surface area contributed by atoms with Gasteiger partial charge < -0.3 is 4.90 Å². The van der Waals surface area contributed by atoms with E-state index >= 15 is 0 Å². The van der Waals surface area contributed by atoms with Crippen LogP contribution >= 0.6 is 11.3 Å². The summed E-state index contributed by atoms with van der Waals surface area (Å²) in [5, 5.41) is 2.11. The molecule has 2 aromatic rings. The normalized spacial score (nSPS) is 18.8. The Morgan fingerprint density at radius 2 is 2.21 bits per heavy atom. The SMILES string of the molecule is Cc1cccc(C(=O)N2CCC(c3cccs3)C2)c1. The lowest BCUT2D eigenvalue weighted by Crippen LogP contribution is -2.28. The van der Waals surface area contributed by atoms with E-state index < -0.39 is 0 Å². The number of hydrogen-bond donors (Lipinski definition) is 0. The van der Waals surface area contributed by atoms with Crippen LogP contribution < -0.4 is 0 Å². The van der Waals surface area contributed by atoms with E-state index in [0.29, 0.717) is 5.92 Å². The number of likely N-dealkylation sites (tertiary alicyclic amines) is 1. The van der Waals surface area contributed by atoms with Gasteiger partial charge >= 0.3 is 0 Å². The summed E-state index contributed by atoms with van der Waals surface area (Å²) in [4.78, 5) is 15.8. The van der Waals surface area contributed by atoms with Crippen LogP contribution in [0.1, 0.15) is 33.1 Å². The van der Waals surface area contributed by atoms with E-state index in [4.69, 9.17) is 0 Å². The van der Waals surface area contributed by atoms with E-state index in [0.717, 1.165) is 30.6 Å². The maximum absolute atomic E-state index is 12.4. The predicted molar refractivity (Wildman–Crippen MR) is 78.8 cm³/mol. The number of amides is 1. The van der Waals surface area contributed by atoms with Crippen LogP contribution in [0.4, 0.5) is 0 Å². The number of aryl methyl sites for hydroxylation is 1. The average Bonchev–Trinajstić information content (AvgIpc) is 3.08. The maximum Gasteiger partial charge on any atom is 0.253 e. The molecule has 0 radical (unpaired) electrons. The number of hydrogen-bond acceptors (Lipinski definition) is 2. The Labute approximate surface area is 117 Å². The quantitative estimate of drug-likeness (QED) is 0.816. The fourth-order valence-corrected chi connectivity index (χ4v) is 3.52. The summed E-state index contributed by atoms with van der Waals surface area (Å²) in [5.74, 6) is 0.691. The predicted octanol–water partition coefficient (Wildman–Crippen LogP) is 3.69. The number of carbonyl (C=O) groups is 1. The number of carbonyl (C=O) groups excluding carboxylic acids is 1. The van der Waals surface area contributed by atoms with Crippen LogP contribution in [-0.2, 0) is 0 Å². The molecule has 0 N–H and O–H groups in total. The van der Waals surface area contributed by atoms with Crippen LogP contribution in [0.5, 0.6) is 0 Å². The second-order valence-corrected chi connectivity index (χ2v) is 6.10. The minimum atomic E-state index is 0.169. The fraction of sp³-hybridized carbons (Fsp3) is 0.312. The zero-order chi connectivity index (χ0) is 13.2. The molecule has 1 unspecified atom stereocenters. The van der Waals surface area contributed by atoms with Crippen molar-refractivity contribution in [1.82, 2.24) is 4.90 Å². The van der Waals surface area contributed by atoms with Crippen molar-refractivity contribution in [1.29, 1.82) is 0 Å². The molecule has 2 nitrogen and oxygen atoms in total. The molecule has 1 aromatic carbocycles. The van der Waals surface area contributed by atoms with E-state index in [1.54, 1.807) is 11.3 Å². The summed E-state index contributed by atoms with van der Waals surface area (Å²) in [6.45, 7) is 3.75. The highest BCUT2D eigenvalue weighted by Gasteiger charge is 2.28. The molecule has 19 heavy (non-hydrogen) atoms. The van der Waals surface area contributed by atoms with Gasteiger partial charge in [0.15, 0.2) is 0 Å². The molecular formula is C16H17NOS. The van der Waals surface area contributed by atoms with Crippen molar-refractivity contribution < 1.29 is 4.79 Å². The lowest BCUT2D eigenvalue weighted by Gasteiger charge is -2.16. The first kappa shape index (κ1) is 12.4. The molecule has 3 rings (SSSR count). The van der Waals surface area contributed by atoms with E-state index in [1.807, 2.05) is 36.1 Å². The van der Waals surface area contributed by atoms with Crippen molar-refractivity contribution in [3.63, 3.8) is 0 Å². The average molecular weight is 271 g/mol. The summed E-state index contributed by atoms with van der Waals surface area (Å²) in [5.41, 5.74) is 1.95. The fourth-order valence-electron chi connectivity index (χ4n) is 2.66. The van der Waals surface area contributed by atoms with Gasteiger partial charge in [0.05, 0.1) is 0 Å². The minimum absolute atomic E-state index is 0.169. The standard InChI is InChI=1S/C16H17NOS/c1-12-4-2-5-13(10-12)16(18)17-8-7-14(11-17)15-6-3-9-19-15/h2-6,9-10,14H,7-8,11H2,1H3. The molecule has 0 bridgehead atoms. The van der Waals surface area contributed by atoms with Gasteiger partial charge in [0, 0.05) is 29.4 Å². The first-order valence-electron chi connectivity index (χ1n) is 6.63. The third-order valence-electron chi connectivity index (χ3n) is 3.69. The Morgan fingerprint density at radius 1 is 1.32 bits per heavy atom. The van der Waals surface area contributed by atoms with Gasteiger partial charge in [-0.2, -0.15) is 0 Å². The van der Waals surface area contributed by atoms with E-state index in [9.17, 15) is 4.79 Å². The Hall–Kier alpha value is -1.61. The maximum atomic E-state index is 12.4. The molecule has 0 aliphatic carbocycles. The van der Waals surface area contributed by atoms with Crippen LogP contribution in [-0.4, -0.2) is 23.9 Å². The number of rotatable bonds is 2. The third-order valence-corrected chi connectivity index (χ3v) is 4.72. The highest BCUT2D eigenvalue weighted by Crippen LogP contribution is 2.30. The topological polar surface area (TPSA) is 20.3 Å². The van der Waals surface area contributed by atoms with Crippen molar-refractivity contribution in [2.24, 2.45) is 0 Å². The largest absolute Gasteiger partial charge is 0.338 e. The summed E-state index contributed by atoms with van der Waals surface area (Å²) < 4.78 is 0. The van der Waals surface area contributed by atoms with Gasteiger partial charge in [0.25, 0.3) is 5.91 Å². The molecule has 1 aromatic heterocycles. The molecule has 98 valence electrons. The van der Waals surface area contributed by atoms with Gasteiger partial charge in [0.1, 0.15) is 0 Å². The summed E-state index contributed by atoms with van der Waals surface area (Å²) in [7, 11) is 0. The molecule has 2 heterocycles. The van der Waals surface area contributed by atoms with Crippen molar-refractivity contribution >= 4 is 17.2 Å². The Bertz CT molecular complexity index is 576. The Kier molecular flexibility index (Phi) is 3.38. The van der Waals surface area contributed by atoms with Crippen LogP contribution in [0, 0.1) is 6.92 Å². The van der Waals surface area contributed by atoms with Gasteiger partial charge in [-0.1, -0.05) is 23.8 Å². The molecule has 3 heteroatoms. The zero-order valence-electron chi connectivity index (χ0n) is 11.0. The van der Waals surface area contributed by atoms with Gasteiger partial charge in [-0.05, 0) is 36.9 Å². The highest BCUT2D eigenvalue weighted by atomic mass is 32.1. The van der Waals surface area contributed by atoms with E-state index in [-0.39, 0.29) is 5.91 Å². The van der Waals surface area contributed by atoms with Crippen molar-refractivity contribution in [2.75, 3.05) is 13.1 Å². The highest BCUT2D eigenvalue weighted by molar-refractivity contribution is 7.10. The van der Waals surface area contributed by atoms with E-state index in [2.05, 4.69) is 17.5 Å². The number of nitrogens with zero attached hydrogens (tertiary/aromatic N) is 1. The minimum Gasteiger partial charge on any atom is -0.338 e. The molecular weight excluding hydrogens is 254 g/mol. The van der Waals surface area contributed by atoms with Crippen LogP contribution in [0.2, 0.25) is 0 Å². The van der Waals surface area contributed by atoms with Gasteiger partial charge in [-0.15, -0.1) is 11.3 Å². The van der Waals surface area contributed by atoms with E-state index in [1.165, 1.54) is 4.88 Å². The lowest BCUT2D eigenvalue weighted by atomic mass is 10.1. The zero-order valence-corrected chi connectivity index (χ0v) is 11.8. The molecule has 1 saturated heterocycles.